The lowest BCUT2D eigenvalue weighted by molar-refractivity contribution is -0.384. The molecule has 0 N–H and O–H groups in total. The normalized spacial score (nSPS) is 35.4. The number of ether oxygens (including phenoxy) is 2. The third kappa shape index (κ3) is 1.80. The zero-order chi connectivity index (χ0) is 15.4. The second-order valence-corrected chi connectivity index (χ2v) is 6.43. The Morgan fingerprint density at radius 1 is 1.23 bits per heavy atom. The van der Waals surface area contributed by atoms with Crippen molar-refractivity contribution in [3.8, 4) is 0 Å². The molecule has 2 aliphatic carbocycles. The molecule has 0 spiro atoms. The van der Waals surface area contributed by atoms with E-state index in [0.29, 0.717) is 5.56 Å². The minimum atomic E-state index is -0.487. The van der Waals surface area contributed by atoms with Crippen molar-refractivity contribution in [2.24, 2.45) is 0 Å². The summed E-state index contributed by atoms with van der Waals surface area (Å²) in [5, 5.41) is 10.6. The van der Waals surface area contributed by atoms with E-state index in [1.54, 1.807) is 0 Å². The first-order valence-corrected chi connectivity index (χ1v) is 7.72. The standard InChI is InChI=1S/C16H17NO5/c18-14(11-3-5-12(6-4-11)17(19)20)21-13-7-10-15-8-1-2-9-16(13,15)22-15/h3-6,13H,1-2,7-10H2/t13-,15-,16+/m0/s1. The highest BCUT2D eigenvalue weighted by Gasteiger charge is 2.78. The summed E-state index contributed by atoms with van der Waals surface area (Å²) in [6, 6.07) is 5.52. The van der Waals surface area contributed by atoms with Crippen LogP contribution >= 0.6 is 0 Å². The lowest BCUT2D eigenvalue weighted by Crippen LogP contribution is -2.36. The van der Waals surface area contributed by atoms with Gasteiger partial charge in [-0.2, -0.15) is 0 Å². The molecule has 2 saturated carbocycles. The van der Waals surface area contributed by atoms with Crippen LogP contribution in [0.25, 0.3) is 0 Å². The van der Waals surface area contributed by atoms with E-state index in [0.717, 1.165) is 32.1 Å². The Morgan fingerprint density at radius 2 is 1.95 bits per heavy atom. The van der Waals surface area contributed by atoms with Crippen molar-refractivity contribution in [2.75, 3.05) is 0 Å². The highest BCUT2D eigenvalue weighted by molar-refractivity contribution is 5.89. The maximum atomic E-state index is 12.3. The van der Waals surface area contributed by atoms with Crippen LogP contribution < -0.4 is 0 Å². The van der Waals surface area contributed by atoms with Crippen molar-refractivity contribution in [2.45, 2.75) is 55.8 Å². The summed E-state index contributed by atoms with van der Waals surface area (Å²) < 4.78 is 11.7. The Morgan fingerprint density at radius 3 is 2.68 bits per heavy atom. The molecule has 4 rings (SSSR count). The van der Waals surface area contributed by atoms with Gasteiger partial charge < -0.3 is 9.47 Å². The molecule has 0 amide bonds. The smallest absolute Gasteiger partial charge is 0.338 e. The van der Waals surface area contributed by atoms with Crippen molar-refractivity contribution in [1.29, 1.82) is 0 Å². The van der Waals surface area contributed by atoms with Crippen LogP contribution in [0.15, 0.2) is 24.3 Å². The van der Waals surface area contributed by atoms with Crippen molar-refractivity contribution < 1.29 is 19.2 Å². The van der Waals surface area contributed by atoms with E-state index in [4.69, 9.17) is 9.47 Å². The summed E-state index contributed by atoms with van der Waals surface area (Å²) in [7, 11) is 0. The molecule has 116 valence electrons. The molecule has 3 fully saturated rings. The quantitative estimate of drug-likeness (QED) is 0.371. The summed E-state index contributed by atoms with van der Waals surface area (Å²) in [6.45, 7) is 0. The van der Waals surface area contributed by atoms with Crippen LogP contribution in [-0.2, 0) is 9.47 Å². The Balaban J connectivity index is 1.47. The lowest BCUT2D eigenvalue weighted by atomic mass is 9.81. The second-order valence-electron chi connectivity index (χ2n) is 6.43. The van der Waals surface area contributed by atoms with Gasteiger partial charge in [-0.25, -0.2) is 4.79 Å². The molecule has 6 heteroatoms. The molecule has 1 aliphatic heterocycles. The number of carbonyl (C=O) groups is 1. The van der Waals surface area contributed by atoms with Gasteiger partial charge in [0.1, 0.15) is 17.3 Å². The maximum absolute atomic E-state index is 12.3. The number of nitro benzene ring substituents is 1. The molecule has 1 heterocycles. The summed E-state index contributed by atoms with van der Waals surface area (Å²) in [5.41, 5.74) is 0.0247. The number of hydrogen-bond donors (Lipinski definition) is 0. The number of rotatable bonds is 3. The molecule has 1 saturated heterocycles. The van der Waals surface area contributed by atoms with E-state index in [1.807, 2.05) is 0 Å². The molecule has 0 unspecified atom stereocenters. The van der Waals surface area contributed by atoms with Gasteiger partial charge in [-0.3, -0.25) is 10.1 Å². The monoisotopic (exact) mass is 303 g/mol. The predicted molar refractivity (Wildman–Crippen MR) is 76.5 cm³/mol. The zero-order valence-corrected chi connectivity index (χ0v) is 12.1. The first-order chi connectivity index (χ1) is 10.6. The van der Waals surface area contributed by atoms with E-state index >= 15 is 0 Å². The number of esters is 1. The zero-order valence-electron chi connectivity index (χ0n) is 12.1. The fourth-order valence-corrected chi connectivity index (χ4v) is 4.24. The van der Waals surface area contributed by atoms with Gasteiger partial charge >= 0.3 is 5.97 Å². The van der Waals surface area contributed by atoms with Crippen LogP contribution in [0.3, 0.4) is 0 Å². The molecule has 0 aromatic heterocycles. The number of nitro groups is 1. The molecule has 6 nitrogen and oxygen atoms in total. The minimum Gasteiger partial charge on any atom is -0.456 e. The second kappa shape index (κ2) is 4.52. The average molecular weight is 303 g/mol. The molecule has 1 aromatic carbocycles. The van der Waals surface area contributed by atoms with E-state index in [-0.39, 0.29) is 23.0 Å². The fourth-order valence-electron chi connectivity index (χ4n) is 4.24. The van der Waals surface area contributed by atoms with E-state index in [2.05, 4.69) is 0 Å². The van der Waals surface area contributed by atoms with E-state index in [1.165, 1.54) is 30.7 Å². The predicted octanol–water partition coefficient (Wildman–Crippen LogP) is 3.00. The number of benzene rings is 1. The Labute approximate surface area is 127 Å². The molecule has 0 radical (unpaired) electrons. The largest absolute Gasteiger partial charge is 0.456 e. The highest BCUT2D eigenvalue weighted by Crippen LogP contribution is 2.67. The van der Waals surface area contributed by atoms with Gasteiger partial charge in [0.25, 0.3) is 5.69 Å². The Bertz CT molecular complexity index is 638. The molecule has 3 atom stereocenters. The molecular formula is C16H17NO5. The van der Waals surface area contributed by atoms with Gasteiger partial charge in [-0.1, -0.05) is 12.8 Å². The van der Waals surface area contributed by atoms with Crippen molar-refractivity contribution in [1.82, 2.24) is 0 Å². The Kier molecular flexibility index (Phi) is 2.81. The van der Waals surface area contributed by atoms with Crippen LogP contribution in [0.4, 0.5) is 5.69 Å². The van der Waals surface area contributed by atoms with Gasteiger partial charge in [0.2, 0.25) is 0 Å². The van der Waals surface area contributed by atoms with E-state index in [9.17, 15) is 14.9 Å². The SMILES string of the molecule is O=C(O[C@H]1CC[C@@]23CCCC[C@@]12O3)c1ccc([N+](=O)[O-])cc1. The number of nitrogens with zero attached hydrogens (tertiary/aromatic N) is 1. The summed E-state index contributed by atoms with van der Waals surface area (Å²) in [4.78, 5) is 22.4. The summed E-state index contributed by atoms with van der Waals surface area (Å²) >= 11 is 0. The number of epoxide rings is 1. The third-order valence-corrected chi connectivity index (χ3v) is 5.38. The van der Waals surface area contributed by atoms with Gasteiger partial charge in [0, 0.05) is 12.1 Å². The van der Waals surface area contributed by atoms with Crippen LogP contribution in [0, 0.1) is 10.1 Å². The summed E-state index contributed by atoms with van der Waals surface area (Å²) in [6.07, 6.45) is 5.96. The maximum Gasteiger partial charge on any atom is 0.338 e. The van der Waals surface area contributed by atoms with Gasteiger partial charge in [-0.05, 0) is 37.8 Å². The molecule has 22 heavy (non-hydrogen) atoms. The number of non-ortho nitro benzene ring substituents is 1. The van der Waals surface area contributed by atoms with Crippen LogP contribution in [0.2, 0.25) is 0 Å². The van der Waals surface area contributed by atoms with Gasteiger partial charge in [-0.15, -0.1) is 0 Å². The molecule has 3 aliphatic rings. The Hall–Kier alpha value is -1.95. The lowest BCUT2D eigenvalue weighted by Gasteiger charge is -2.23. The van der Waals surface area contributed by atoms with E-state index < -0.39 is 10.9 Å². The molecule has 1 aromatic rings. The van der Waals surface area contributed by atoms with Crippen LogP contribution in [0.1, 0.15) is 48.9 Å². The van der Waals surface area contributed by atoms with Crippen molar-refractivity contribution in [3.05, 3.63) is 39.9 Å². The first kappa shape index (κ1) is 13.7. The van der Waals surface area contributed by atoms with Crippen LogP contribution in [-0.4, -0.2) is 28.2 Å². The van der Waals surface area contributed by atoms with Gasteiger partial charge in [0.05, 0.1) is 10.5 Å². The fraction of sp³-hybridized carbons (Fsp3) is 0.562. The van der Waals surface area contributed by atoms with Gasteiger partial charge in [0.15, 0.2) is 0 Å². The highest BCUT2D eigenvalue weighted by atomic mass is 16.7. The third-order valence-electron chi connectivity index (χ3n) is 5.38. The molecular weight excluding hydrogens is 286 g/mol. The topological polar surface area (TPSA) is 82.0 Å². The average Bonchev–Trinajstić information content (AvgIpc) is 3.12. The first-order valence-electron chi connectivity index (χ1n) is 7.72. The summed E-state index contributed by atoms with van der Waals surface area (Å²) in [5.74, 6) is -0.425. The number of carbonyl (C=O) groups excluding carboxylic acids is 1. The minimum absolute atomic E-state index is 0.0344. The molecule has 0 bridgehead atoms. The number of hydrogen-bond acceptors (Lipinski definition) is 5. The van der Waals surface area contributed by atoms with Crippen molar-refractivity contribution in [3.63, 3.8) is 0 Å². The van der Waals surface area contributed by atoms with Crippen LogP contribution in [0.5, 0.6) is 0 Å². The van der Waals surface area contributed by atoms with Crippen molar-refractivity contribution >= 4 is 11.7 Å².